The van der Waals surface area contributed by atoms with E-state index in [1.807, 2.05) is 12.1 Å². The Kier molecular flexibility index (Phi) is 6.05. The molecule has 0 spiro atoms. The Balaban J connectivity index is 1.50. The number of allylic oxidation sites excluding steroid dienone is 2. The molecule has 0 atom stereocenters. The fraction of sp³-hybridized carbons (Fsp3) is 0.111. The van der Waals surface area contributed by atoms with E-state index in [1.165, 1.54) is 18.6 Å². The molecule has 0 radical (unpaired) electrons. The number of hydrogen-bond donors (Lipinski definition) is 0. The minimum Gasteiger partial charge on any atom is -0.239 e. The Morgan fingerprint density at radius 3 is 1.33 bits per heavy atom. The van der Waals surface area contributed by atoms with Crippen LogP contribution >= 0.6 is 0 Å². The van der Waals surface area contributed by atoms with Crippen LogP contribution < -0.4 is 32.5 Å². The first-order valence-electron chi connectivity index (χ1n) is 12.8. The number of rotatable bonds is 3. The number of aromatic nitrogens is 9. The molecule has 0 aromatic carbocycles. The standard InChI is InChI=1S/C27H12N18/c1-10-31-7-15-23(34-10)41-19(37-15)13(5-28)21-40-22(14(6-29)20-38-16-8-32-11(2)35-24(16)42-20)44-27(43-21)18(30-4)26-39-17-9-33-12(3)36-25(17)45-26/h7-9H,1-3H3/b19-13-,20-14-,26-18+. The number of nitrogens with zero attached hydrogens (tertiary/aromatic N) is 18. The average Bonchev–Trinajstić information content (AvgIpc) is 3.74. The van der Waals surface area contributed by atoms with E-state index in [4.69, 9.17) is 6.57 Å². The molecule has 0 aliphatic carbocycles. The van der Waals surface area contributed by atoms with Gasteiger partial charge in [-0.05, 0) is 20.8 Å². The summed E-state index contributed by atoms with van der Waals surface area (Å²) < 4.78 is 0. The van der Waals surface area contributed by atoms with Crippen LogP contribution in [0.3, 0.4) is 0 Å². The van der Waals surface area contributed by atoms with Gasteiger partial charge in [-0.15, -0.1) is 0 Å². The van der Waals surface area contributed by atoms with Gasteiger partial charge in [-0.2, -0.15) is 10.5 Å². The van der Waals surface area contributed by atoms with Gasteiger partial charge in [0.2, 0.25) is 0 Å². The minimum atomic E-state index is -0.232. The van der Waals surface area contributed by atoms with Crippen molar-refractivity contribution < 1.29 is 0 Å². The van der Waals surface area contributed by atoms with Crippen LogP contribution in [-0.4, -0.2) is 44.9 Å². The van der Waals surface area contributed by atoms with Crippen LogP contribution in [-0.2, 0) is 0 Å². The minimum absolute atomic E-state index is 0.0397. The monoisotopic (exact) mass is 588 g/mol. The SMILES string of the molecule is [C-]#[N+]/C(=C1\N=c2cnc(C)nc2=N1)c1nc(/C(C#N)=C2/N=c3cnc(C)nc3=N2)nc(/C(C#N)=C2/N=c3cnc(C)nc3=N2)n1. The molecule has 18 heteroatoms. The highest BCUT2D eigenvalue weighted by molar-refractivity contribution is 5.80. The smallest absolute Gasteiger partial charge is 0.239 e. The molecule has 0 bridgehead atoms. The van der Waals surface area contributed by atoms with E-state index in [2.05, 4.69) is 79.7 Å². The normalized spacial score (nSPS) is 16.8. The summed E-state index contributed by atoms with van der Waals surface area (Å²) in [6.07, 6.45) is 4.43. The quantitative estimate of drug-likeness (QED) is 0.186. The van der Waals surface area contributed by atoms with Gasteiger partial charge in [0, 0.05) is 0 Å². The molecule has 7 heterocycles. The van der Waals surface area contributed by atoms with Gasteiger partial charge in [-0.25, -0.2) is 79.7 Å². The molecular formula is C27H12N18. The lowest BCUT2D eigenvalue weighted by Crippen LogP contribution is -2.26. The zero-order chi connectivity index (χ0) is 31.2. The molecule has 0 saturated carbocycles. The second-order valence-corrected chi connectivity index (χ2v) is 9.26. The Bertz CT molecular complexity index is 2360. The van der Waals surface area contributed by atoms with Crippen molar-refractivity contribution in [2.45, 2.75) is 20.8 Å². The van der Waals surface area contributed by atoms with E-state index in [9.17, 15) is 10.5 Å². The molecular weight excluding hydrogens is 576 g/mol. The average molecular weight is 589 g/mol. The zero-order valence-corrected chi connectivity index (χ0v) is 23.3. The van der Waals surface area contributed by atoms with Gasteiger partial charge in [-0.3, -0.25) is 0 Å². The van der Waals surface area contributed by atoms with Crippen LogP contribution in [0.25, 0.3) is 21.7 Å². The van der Waals surface area contributed by atoms with Crippen LogP contribution in [0.5, 0.6) is 0 Å². The maximum atomic E-state index is 10.2. The molecule has 18 nitrogen and oxygen atoms in total. The Hall–Kier alpha value is -7.26. The highest BCUT2D eigenvalue weighted by atomic mass is 15.1. The molecule has 7 rings (SSSR count). The van der Waals surface area contributed by atoms with Gasteiger partial charge >= 0.3 is 0 Å². The van der Waals surface area contributed by atoms with E-state index < -0.39 is 0 Å². The van der Waals surface area contributed by atoms with Crippen molar-refractivity contribution in [2.24, 2.45) is 30.0 Å². The van der Waals surface area contributed by atoms with Crippen molar-refractivity contribution in [1.29, 1.82) is 10.5 Å². The second-order valence-electron chi connectivity index (χ2n) is 9.26. The fourth-order valence-electron chi connectivity index (χ4n) is 4.19. The van der Waals surface area contributed by atoms with E-state index in [0.29, 0.717) is 33.5 Å². The first-order chi connectivity index (χ1) is 21.8. The lowest BCUT2D eigenvalue weighted by atomic mass is 10.2. The lowest BCUT2D eigenvalue weighted by molar-refractivity contribution is 0.956. The van der Waals surface area contributed by atoms with Crippen LogP contribution in [0.15, 0.2) is 66.0 Å². The number of fused-ring (bicyclic) bond motifs is 3. The first-order valence-corrected chi connectivity index (χ1v) is 12.8. The molecule has 0 amide bonds. The van der Waals surface area contributed by atoms with Crippen molar-refractivity contribution in [1.82, 2.24) is 44.9 Å². The third-order valence-corrected chi connectivity index (χ3v) is 6.21. The number of aryl methyl sites for hydroxylation is 3. The molecule has 3 aliphatic heterocycles. The van der Waals surface area contributed by atoms with E-state index in [0.717, 1.165) is 0 Å². The predicted octanol–water partition coefficient (Wildman–Crippen LogP) is -2.04. The largest absolute Gasteiger partial charge is 0.274 e. The second kappa shape index (κ2) is 10.2. The van der Waals surface area contributed by atoms with Gasteiger partial charge < -0.3 is 0 Å². The third kappa shape index (κ3) is 4.64. The molecule has 0 unspecified atom stereocenters. The van der Waals surface area contributed by atoms with Gasteiger partial charge in [0.1, 0.15) is 56.8 Å². The van der Waals surface area contributed by atoms with Gasteiger partial charge in [-0.1, -0.05) is 0 Å². The van der Waals surface area contributed by atoms with Crippen LogP contribution in [0.1, 0.15) is 34.9 Å². The summed E-state index contributed by atoms with van der Waals surface area (Å²) in [6, 6.07) is 4.05. The molecule has 0 saturated heterocycles. The van der Waals surface area contributed by atoms with E-state index >= 15 is 0 Å². The summed E-state index contributed by atoms with van der Waals surface area (Å²) >= 11 is 0. The molecule has 4 aromatic rings. The van der Waals surface area contributed by atoms with E-state index in [-0.39, 0.29) is 68.2 Å². The van der Waals surface area contributed by atoms with Crippen molar-refractivity contribution in [3.63, 3.8) is 0 Å². The topological polar surface area (TPSA) is 242 Å². The molecule has 45 heavy (non-hydrogen) atoms. The summed E-state index contributed by atoms with van der Waals surface area (Å²) in [6.45, 7) is 13.0. The zero-order valence-electron chi connectivity index (χ0n) is 23.3. The predicted molar refractivity (Wildman–Crippen MR) is 146 cm³/mol. The molecule has 210 valence electrons. The van der Waals surface area contributed by atoms with Gasteiger partial charge in [0.25, 0.3) is 5.70 Å². The molecule has 0 fully saturated rings. The van der Waals surface area contributed by atoms with Gasteiger partial charge in [0.05, 0.1) is 25.2 Å². The van der Waals surface area contributed by atoms with Crippen molar-refractivity contribution in [3.8, 4) is 12.1 Å². The summed E-state index contributed by atoms with van der Waals surface area (Å²) in [5, 5.41) is 21.5. The van der Waals surface area contributed by atoms with Crippen molar-refractivity contribution in [3.05, 3.63) is 115 Å². The molecule has 4 aromatic heterocycles. The summed E-state index contributed by atoms with van der Waals surface area (Å²) in [5.74, 6) is 0.576. The van der Waals surface area contributed by atoms with Crippen LogP contribution in [0.4, 0.5) is 0 Å². The van der Waals surface area contributed by atoms with Crippen molar-refractivity contribution in [2.75, 3.05) is 0 Å². The molecule has 0 N–H and O–H groups in total. The fourth-order valence-corrected chi connectivity index (χ4v) is 4.19. The van der Waals surface area contributed by atoms with Crippen molar-refractivity contribution >= 4 is 16.8 Å². The van der Waals surface area contributed by atoms with Crippen LogP contribution in [0, 0.1) is 50.0 Å². The third-order valence-electron chi connectivity index (χ3n) is 6.21. The summed E-state index contributed by atoms with van der Waals surface area (Å²) in [7, 11) is 0. The summed E-state index contributed by atoms with van der Waals surface area (Å²) in [5.41, 5.74) is 0.237. The first kappa shape index (κ1) is 26.6. The maximum Gasteiger partial charge on any atom is 0.274 e. The number of nitriles is 2. The molecule has 3 aliphatic rings. The van der Waals surface area contributed by atoms with Gasteiger partial charge in [0.15, 0.2) is 51.4 Å². The van der Waals surface area contributed by atoms with E-state index in [1.54, 1.807) is 20.8 Å². The Morgan fingerprint density at radius 2 is 0.933 bits per heavy atom. The Labute approximate surface area is 250 Å². The highest BCUT2D eigenvalue weighted by Crippen LogP contribution is 2.26. The lowest BCUT2D eigenvalue weighted by Gasteiger charge is -2.07. The summed E-state index contributed by atoms with van der Waals surface area (Å²) in [4.78, 5) is 68.1. The van der Waals surface area contributed by atoms with Crippen LogP contribution in [0.2, 0.25) is 0 Å². The maximum absolute atomic E-state index is 10.2. The highest BCUT2D eigenvalue weighted by Gasteiger charge is 2.25. The Morgan fingerprint density at radius 1 is 0.556 bits per heavy atom. The number of hydrogen-bond acceptors (Lipinski definition) is 17.